The van der Waals surface area contributed by atoms with Crippen LogP contribution in [0.15, 0.2) is 24.3 Å². The van der Waals surface area contributed by atoms with E-state index in [1.165, 1.54) is 14.0 Å². The van der Waals surface area contributed by atoms with Crippen LogP contribution in [0.4, 0.5) is 0 Å². The zero-order chi connectivity index (χ0) is 21.4. The molecular weight excluding hydrogens is 380 g/mol. The van der Waals surface area contributed by atoms with Crippen LogP contribution in [0.25, 0.3) is 0 Å². The first kappa shape index (κ1) is 22.8. The number of methoxy groups -OCH3 is 1. The molecule has 3 atom stereocenters. The molecule has 0 aliphatic carbocycles. The van der Waals surface area contributed by atoms with Gasteiger partial charge < -0.3 is 25.0 Å². The van der Waals surface area contributed by atoms with Crippen molar-refractivity contribution >= 4 is 17.7 Å². The summed E-state index contributed by atoms with van der Waals surface area (Å²) in [5.74, 6) is -2.81. The van der Waals surface area contributed by atoms with Gasteiger partial charge in [0, 0.05) is 19.5 Å². The first-order valence-corrected chi connectivity index (χ1v) is 9.48. The average Bonchev–Trinajstić information content (AvgIpc) is 2.71. The molecule has 1 aromatic carbocycles. The molecule has 1 heterocycles. The van der Waals surface area contributed by atoms with E-state index >= 15 is 0 Å². The van der Waals surface area contributed by atoms with Gasteiger partial charge in [-0.25, -0.2) is 0 Å². The summed E-state index contributed by atoms with van der Waals surface area (Å²) in [6.45, 7) is 4.07. The minimum atomic E-state index is -1.36. The summed E-state index contributed by atoms with van der Waals surface area (Å²) in [5.41, 5.74) is 0.370. The van der Waals surface area contributed by atoms with Crippen molar-refractivity contribution in [2.24, 2.45) is 5.92 Å². The third kappa shape index (κ3) is 6.81. The van der Waals surface area contributed by atoms with E-state index in [0.717, 1.165) is 0 Å². The Bertz CT molecular complexity index is 701. The molecule has 3 N–H and O–H groups in total. The Balaban J connectivity index is 1.93. The zero-order valence-corrected chi connectivity index (χ0v) is 16.7. The van der Waals surface area contributed by atoms with Crippen LogP contribution in [0.3, 0.4) is 0 Å². The second-order valence-corrected chi connectivity index (χ2v) is 7.01. The van der Waals surface area contributed by atoms with Crippen LogP contribution in [0.5, 0.6) is 5.75 Å². The number of Topliss-reactive ketones (excluding diaryl/α,β-unsaturated/α-hetero) is 1. The number of morpholine rings is 1. The summed E-state index contributed by atoms with van der Waals surface area (Å²) in [6.07, 6.45) is -1.76. The third-order valence-electron chi connectivity index (χ3n) is 4.91. The number of aliphatic hydroxyl groups is 1. The number of hydrogen-bond acceptors (Lipinski definition) is 7. The van der Waals surface area contributed by atoms with Gasteiger partial charge in [-0.2, -0.15) is 0 Å². The number of carbonyl (C=O) groups excluding carboxylic acids is 2. The number of ether oxygens (including phenoxy) is 2. The quantitative estimate of drug-likeness (QED) is 0.502. The third-order valence-corrected chi connectivity index (χ3v) is 4.91. The first-order chi connectivity index (χ1) is 13.8. The molecule has 0 aromatic heterocycles. The number of rotatable bonds is 10. The summed E-state index contributed by atoms with van der Waals surface area (Å²) in [7, 11) is 1.50. The fourth-order valence-electron chi connectivity index (χ4n) is 3.09. The monoisotopic (exact) mass is 408 g/mol. The molecule has 0 saturated carbocycles. The highest BCUT2D eigenvalue weighted by molar-refractivity contribution is 5.91. The van der Waals surface area contributed by atoms with Gasteiger partial charge >= 0.3 is 5.97 Å². The van der Waals surface area contributed by atoms with Crippen LogP contribution in [-0.2, 0) is 19.1 Å². The maximum atomic E-state index is 12.5. The molecule has 0 unspecified atom stereocenters. The molecule has 1 aliphatic heterocycles. The Kier molecular flexibility index (Phi) is 8.56. The number of nitrogens with one attached hydrogen (secondary N) is 1. The van der Waals surface area contributed by atoms with E-state index in [0.29, 0.717) is 37.6 Å². The molecule has 9 nitrogen and oxygen atoms in total. The zero-order valence-electron chi connectivity index (χ0n) is 16.7. The van der Waals surface area contributed by atoms with E-state index < -0.39 is 36.2 Å². The van der Waals surface area contributed by atoms with Gasteiger partial charge in [0.2, 0.25) is 5.91 Å². The molecule has 1 saturated heterocycles. The van der Waals surface area contributed by atoms with Gasteiger partial charge in [-0.3, -0.25) is 19.3 Å². The van der Waals surface area contributed by atoms with E-state index in [4.69, 9.17) is 9.47 Å². The number of ketones is 1. The number of carboxylic acids is 1. The predicted molar refractivity (Wildman–Crippen MR) is 104 cm³/mol. The molecular formula is C20H28N2O7. The van der Waals surface area contributed by atoms with Gasteiger partial charge in [0.1, 0.15) is 5.75 Å². The lowest BCUT2D eigenvalue weighted by Gasteiger charge is -2.26. The highest BCUT2D eigenvalue weighted by Gasteiger charge is 2.32. The highest BCUT2D eigenvalue weighted by atomic mass is 16.5. The summed E-state index contributed by atoms with van der Waals surface area (Å²) >= 11 is 0. The standard InChI is InChI=1S/C20H28N2O7/c1-13(21-18(24)12-22-7-9-29-10-8-22)17(23)11-16(20(26)27)19(25)14-3-5-15(28-2)6-4-14/h3-6,13,16,19,25H,7-12H2,1-2H3,(H,21,24)(H,26,27)/t13-,16-,19+/m0/s1. The molecule has 1 amide bonds. The molecule has 1 aromatic rings. The Morgan fingerprint density at radius 3 is 2.38 bits per heavy atom. The van der Waals surface area contributed by atoms with E-state index in [-0.39, 0.29) is 12.5 Å². The van der Waals surface area contributed by atoms with Crippen molar-refractivity contribution in [3.63, 3.8) is 0 Å². The maximum Gasteiger partial charge on any atom is 0.309 e. The van der Waals surface area contributed by atoms with Gasteiger partial charge in [0.05, 0.1) is 44.9 Å². The topological polar surface area (TPSA) is 125 Å². The molecule has 9 heteroatoms. The van der Waals surface area contributed by atoms with Crippen LogP contribution in [0.1, 0.15) is 25.0 Å². The molecule has 1 fully saturated rings. The lowest BCUT2D eigenvalue weighted by molar-refractivity contribution is -0.148. The normalized spacial score (nSPS) is 17.8. The summed E-state index contributed by atoms with van der Waals surface area (Å²) in [6, 6.07) is 5.46. The largest absolute Gasteiger partial charge is 0.497 e. The summed E-state index contributed by atoms with van der Waals surface area (Å²) in [5, 5.41) is 22.6. The Morgan fingerprint density at radius 1 is 1.21 bits per heavy atom. The summed E-state index contributed by atoms with van der Waals surface area (Å²) < 4.78 is 10.3. The van der Waals surface area contributed by atoms with Crippen molar-refractivity contribution in [2.45, 2.75) is 25.5 Å². The van der Waals surface area contributed by atoms with Crippen molar-refractivity contribution < 1.29 is 34.1 Å². The van der Waals surface area contributed by atoms with Crippen molar-refractivity contribution in [3.8, 4) is 5.75 Å². The second kappa shape index (κ2) is 10.9. The fraction of sp³-hybridized carbons (Fsp3) is 0.550. The van der Waals surface area contributed by atoms with Gasteiger partial charge in [0.15, 0.2) is 5.78 Å². The van der Waals surface area contributed by atoms with Gasteiger partial charge in [-0.05, 0) is 24.6 Å². The Labute approximate surface area is 169 Å². The van der Waals surface area contributed by atoms with E-state index in [1.54, 1.807) is 24.3 Å². The van der Waals surface area contributed by atoms with Crippen LogP contribution in [0.2, 0.25) is 0 Å². The van der Waals surface area contributed by atoms with Crippen molar-refractivity contribution in [1.29, 1.82) is 0 Å². The molecule has 160 valence electrons. The number of hydrogen-bond donors (Lipinski definition) is 3. The van der Waals surface area contributed by atoms with Crippen LogP contribution >= 0.6 is 0 Å². The lowest BCUT2D eigenvalue weighted by Crippen LogP contribution is -2.47. The van der Waals surface area contributed by atoms with Gasteiger partial charge in [0.25, 0.3) is 0 Å². The van der Waals surface area contributed by atoms with E-state index in [1.807, 2.05) is 4.90 Å². The second-order valence-electron chi connectivity index (χ2n) is 7.01. The summed E-state index contributed by atoms with van der Waals surface area (Å²) in [4.78, 5) is 38.2. The van der Waals surface area contributed by atoms with Gasteiger partial charge in [-0.1, -0.05) is 12.1 Å². The van der Waals surface area contributed by atoms with Crippen LogP contribution in [0, 0.1) is 5.92 Å². The SMILES string of the molecule is COc1ccc([C@@H](O)[C@H](CC(=O)[C@H](C)NC(=O)CN2CCOCC2)C(=O)O)cc1. The number of amides is 1. The fourth-order valence-corrected chi connectivity index (χ4v) is 3.09. The molecule has 29 heavy (non-hydrogen) atoms. The van der Waals surface area contributed by atoms with Crippen molar-refractivity contribution in [2.75, 3.05) is 40.0 Å². The van der Waals surface area contributed by atoms with E-state index in [2.05, 4.69) is 5.32 Å². The lowest BCUT2D eigenvalue weighted by atomic mass is 9.89. The Hall–Kier alpha value is -2.49. The number of carboxylic acid groups (broad SMARTS) is 1. The molecule has 0 spiro atoms. The highest BCUT2D eigenvalue weighted by Crippen LogP contribution is 2.27. The number of nitrogens with zero attached hydrogens (tertiary/aromatic N) is 1. The van der Waals surface area contributed by atoms with Crippen molar-refractivity contribution in [1.82, 2.24) is 10.2 Å². The number of aliphatic carboxylic acids is 1. The predicted octanol–water partition coefficient (Wildman–Crippen LogP) is 0.226. The van der Waals surface area contributed by atoms with Crippen molar-refractivity contribution in [3.05, 3.63) is 29.8 Å². The maximum absolute atomic E-state index is 12.5. The Morgan fingerprint density at radius 2 is 1.83 bits per heavy atom. The average molecular weight is 408 g/mol. The molecule has 0 bridgehead atoms. The van der Waals surface area contributed by atoms with E-state index in [9.17, 15) is 24.6 Å². The smallest absolute Gasteiger partial charge is 0.309 e. The molecule has 2 rings (SSSR count). The number of carbonyl (C=O) groups is 3. The molecule has 0 radical (unpaired) electrons. The van der Waals surface area contributed by atoms with Crippen LogP contribution in [-0.4, -0.2) is 78.8 Å². The first-order valence-electron chi connectivity index (χ1n) is 9.48. The minimum Gasteiger partial charge on any atom is -0.497 e. The number of aliphatic hydroxyl groups excluding tert-OH is 1. The molecule has 1 aliphatic rings. The van der Waals surface area contributed by atoms with Gasteiger partial charge in [-0.15, -0.1) is 0 Å². The van der Waals surface area contributed by atoms with Crippen LogP contribution < -0.4 is 10.1 Å². The number of benzene rings is 1. The minimum absolute atomic E-state index is 0.151.